The summed E-state index contributed by atoms with van der Waals surface area (Å²) in [6.07, 6.45) is 0. The van der Waals surface area contributed by atoms with Crippen LogP contribution in [0.15, 0.2) is 53.5 Å². The molecule has 6 heteroatoms. The maximum atomic E-state index is 13.0. The molecule has 0 fully saturated rings. The van der Waals surface area contributed by atoms with E-state index < -0.39 is 5.92 Å². The Balaban J connectivity index is 1.93. The Bertz CT molecular complexity index is 848. The van der Waals surface area contributed by atoms with Crippen molar-refractivity contribution in [2.24, 2.45) is 10.9 Å². The molecule has 25 heavy (non-hydrogen) atoms. The highest BCUT2D eigenvalue weighted by Gasteiger charge is 2.35. The predicted octanol–water partition coefficient (Wildman–Crippen LogP) is 4.29. The van der Waals surface area contributed by atoms with Crippen molar-refractivity contribution in [3.05, 3.63) is 64.7 Å². The van der Waals surface area contributed by atoms with Crippen LogP contribution >= 0.6 is 23.8 Å². The lowest BCUT2D eigenvalue weighted by atomic mass is 9.87. The third kappa shape index (κ3) is 3.89. The summed E-state index contributed by atoms with van der Waals surface area (Å²) in [5, 5.41) is 7.19. The van der Waals surface area contributed by atoms with E-state index in [0.29, 0.717) is 15.8 Å². The second-order valence-corrected chi connectivity index (χ2v) is 6.84. The molecular formula is C19H18ClN3OS. The van der Waals surface area contributed by atoms with Crippen molar-refractivity contribution in [3.8, 4) is 0 Å². The number of hydrogen-bond donors (Lipinski definition) is 2. The molecule has 3 rings (SSSR count). The van der Waals surface area contributed by atoms with Gasteiger partial charge in [0, 0.05) is 16.4 Å². The number of amides is 1. The summed E-state index contributed by atoms with van der Waals surface area (Å²) in [6.45, 7) is 3.79. The van der Waals surface area contributed by atoms with Crippen LogP contribution in [0.5, 0.6) is 0 Å². The van der Waals surface area contributed by atoms with Crippen LogP contribution in [-0.4, -0.2) is 16.7 Å². The molecule has 2 aromatic rings. The van der Waals surface area contributed by atoms with Gasteiger partial charge in [-0.1, -0.05) is 41.9 Å². The molecule has 0 aromatic heterocycles. The van der Waals surface area contributed by atoms with Crippen LogP contribution < -0.4 is 10.6 Å². The summed E-state index contributed by atoms with van der Waals surface area (Å²) in [6, 6.07) is 14.8. The molecule has 1 aliphatic heterocycles. The second-order valence-electron chi connectivity index (χ2n) is 6.01. The van der Waals surface area contributed by atoms with Gasteiger partial charge >= 0.3 is 0 Å². The number of aliphatic imine (C=N–C) groups is 1. The van der Waals surface area contributed by atoms with Crippen molar-refractivity contribution in [1.29, 1.82) is 0 Å². The lowest BCUT2D eigenvalue weighted by Gasteiger charge is -2.31. The van der Waals surface area contributed by atoms with Gasteiger partial charge < -0.3 is 10.6 Å². The molecule has 2 aromatic carbocycles. The maximum Gasteiger partial charge on any atom is 0.235 e. The van der Waals surface area contributed by atoms with Crippen LogP contribution in [0.4, 0.5) is 5.69 Å². The van der Waals surface area contributed by atoms with Gasteiger partial charge in [-0.2, -0.15) is 0 Å². The first-order valence-electron chi connectivity index (χ1n) is 7.93. The number of carbonyl (C=O) groups is 1. The first-order valence-corrected chi connectivity index (χ1v) is 8.72. The number of halogens is 1. The van der Waals surface area contributed by atoms with Crippen molar-refractivity contribution in [2.75, 3.05) is 5.32 Å². The van der Waals surface area contributed by atoms with Crippen LogP contribution in [0, 0.1) is 12.8 Å². The van der Waals surface area contributed by atoms with Gasteiger partial charge in [-0.05, 0) is 55.4 Å². The number of benzene rings is 2. The van der Waals surface area contributed by atoms with E-state index in [9.17, 15) is 4.79 Å². The topological polar surface area (TPSA) is 53.5 Å². The zero-order valence-electron chi connectivity index (χ0n) is 13.9. The van der Waals surface area contributed by atoms with Gasteiger partial charge in [-0.25, -0.2) is 4.99 Å². The van der Waals surface area contributed by atoms with Crippen molar-refractivity contribution in [2.45, 2.75) is 19.9 Å². The molecule has 128 valence electrons. The van der Waals surface area contributed by atoms with Crippen LogP contribution in [0.1, 0.15) is 24.1 Å². The lowest BCUT2D eigenvalue weighted by molar-refractivity contribution is -0.118. The zero-order chi connectivity index (χ0) is 18.0. The molecule has 2 unspecified atom stereocenters. The largest absolute Gasteiger partial charge is 0.353 e. The Morgan fingerprint density at radius 2 is 1.84 bits per heavy atom. The maximum absolute atomic E-state index is 13.0. The number of aryl methyl sites for hydroxylation is 1. The number of nitrogens with zero attached hydrogens (tertiary/aromatic N) is 1. The third-order valence-electron chi connectivity index (χ3n) is 4.25. The minimum atomic E-state index is -0.465. The van der Waals surface area contributed by atoms with Crippen molar-refractivity contribution in [1.82, 2.24) is 5.32 Å². The molecule has 4 nitrogen and oxygen atoms in total. The van der Waals surface area contributed by atoms with E-state index in [2.05, 4.69) is 15.6 Å². The zero-order valence-corrected chi connectivity index (χ0v) is 15.5. The fourth-order valence-electron chi connectivity index (χ4n) is 2.93. The molecule has 1 heterocycles. The molecule has 0 bridgehead atoms. The van der Waals surface area contributed by atoms with Gasteiger partial charge in [0.2, 0.25) is 5.91 Å². The normalized spacial score (nSPS) is 19.8. The number of thiocarbonyl (C=S) groups is 1. The number of carbonyl (C=O) groups excluding carboxylic acids is 1. The summed E-state index contributed by atoms with van der Waals surface area (Å²) in [4.78, 5) is 17.3. The summed E-state index contributed by atoms with van der Waals surface area (Å²) in [5.74, 6) is -0.585. The fraction of sp³-hybridized carbons (Fsp3) is 0.211. The summed E-state index contributed by atoms with van der Waals surface area (Å²) < 4.78 is 0. The highest BCUT2D eigenvalue weighted by Crippen LogP contribution is 2.29. The Kier molecular flexibility index (Phi) is 5.16. The molecule has 0 radical (unpaired) electrons. The quantitative estimate of drug-likeness (QED) is 0.791. The van der Waals surface area contributed by atoms with E-state index >= 15 is 0 Å². The van der Waals surface area contributed by atoms with Gasteiger partial charge in [0.25, 0.3) is 0 Å². The van der Waals surface area contributed by atoms with Crippen molar-refractivity contribution >= 4 is 46.2 Å². The Morgan fingerprint density at radius 3 is 2.52 bits per heavy atom. The van der Waals surface area contributed by atoms with E-state index in [1.54, 1.807) is 12.1 Å². The standard InChI is InChI=1S/C19H18ClN3OS/c1-11-5-3-4-6-15(11)22-18(24)16-12(2)21-19(25)23-17(16)13-7-9-14(20)10-8-13/h3-10,16-17H,1-2H3,(H,22,24)(H,23,25). The molecule has 0 saturated carbocycles. The van der Waals surface area contributed by atoms with E-state index in [0.717, 1.165) is 16.8 Å². The number of hydrogen-bond acceptors (Lipinski definition) is 2. The minimum Gasteiger partial charge on any atom is -0.353 e. The summed E-state index contributed by atoms with van der Waals surface area (Å²) >= 11 is 11.2. The molecule has 0 saturated heterocycles. The molecule has 2 N–H and O–H groups in total. The van der Waals surface area contributed by atoms with Crippen molar-refractivity contribution in [3.63, 3.8) is 0 Å². The van der Waals surface area contributed by atoms with Crippen molar-refractivity contribution < 1.29 is 4.79 Å². The van der Waals surface area contributed by atoms with Gasteiger partial charge in [0.1, 0.15) is 5.92 Å². The molecule has 2 atom stereocenters. The smallest absolute Gasteiger partial charge is 0.235 e. The predicted molar refractivity (Wildman–Crippen MR) is 106 cm³/mol. The molecular weight excluding hydrogens is 354 g/mol. The average Bonchev–Trinajstić information content (AvgIpc) is 2.57. The molecule has 0 aliphatic carbocycles. The second kappa shape index (κ2) is 7.33. The van der Waals surface area contributed by atoms with E-state index in [4.69, 9.17) is 23.8 Å². The number of nitrogens with one attached hydrogen (secondary N) is 2. The summed E-state index contributed by atoms with van der Waals surface area (Å²) in [5.41, 5.74) is 3.43. The van der Waals surface area contributed by atoms with Crippen LogP contribution in [0.2, 0.25) is 5.02 Å². The number of anilines is 1. The SMILES string of the molecule is CC1=NC(=S)NC(c2ccc(Cl)cc2)C1C(=O)Nc1ccccc1C. The highest BCUT2D eigenvalue weighted by atomic mass is 35.5. The van der Waals surface area contributed by atoms with Gasteiger partial charge in [0.05, 0.1) is 6.04 Å². The van der Waals surface area contributed by atoms with E-state index in [1.165, 1.54) is 0 Å². The van der Waals surface area contributed by atoms with Gasteiger partial charge in [-0.3, -0.25) is 4.79 Å². The van der Waals surface area contributed by atoms with E-state index in [-0.39, 0.29) is 11.9 Å². The molecule has 1 amide bonds. The van der Waals surface area contributed by atoms with Crippen LogP contribution in [0.3, 0.4) is 0 Å². The minimum absolute atomic E-state index is 0.120. The molecule has 0 spiro atoms. The molecule has 1 aliphatic rings. The Labute approximate surface area is 157 Å². The number of rotatable bonds is 3. The van der Waals surface area contributed by atoms with Gasteiger partial charge in [-0.15, -0.1) is 0 Å². The third-order valence-corrected chi connectivity index (χ3v) is 4.72. The van der Waals surface area contributed by atoms with Gasteiger partial charge in [0.15, 0.2) is 5.11 Å². The first kappa shape index (κ1) is 17.6. The van der Waals surface area contributed by atoms with E-state index in [1.807, 2.05) is 50.2 Å². The summed E-state index contributed by atoms with van der Waals surface area (Å²) in [7, 11) is 0. The Morgan fingerprint density at radius 1 is 1.16 bits per heavy atom. The first-order chi connectivity index (χ1) is 12.0. The number of para-hydroxylation sites is 1. The Hall–Kier alpha value is -2.24. The fourth-order valence-corrected chi connectivity index (χ4v) is 3.33. The van der Waals surface area contributed by atoms with Crippen LogP contribution in [0.25, 0.3) is 0 Å². The average molecular weight is 372 g/mol. The van der Waals surface area contributed by atoms with Crippen LogP contribution in [-0.2, 0) is 4.79 Å². The monoisotopic (exact) mass is 371 g/mol. The lowest BCUT2D eigenvalue weighted by Crippen LogP contribution is -2.45. The highest BCUT2D eigenvalue weighted by molar-refractivity contribution is 7.80.